The van der Waals surface area contributed by atoms with Crippen molar-refractivity contribution in [3.05, 3.63) is 35.4 Å². The largest absolute Gasteiger partial charge is 0.396 e. The molecule has 1 nitrogen and oxygen atoms in total. The predicted octanol–water partition coefficient (Wildman–Crippen LogP) is 2.27. The topological polar surface area (TPSA) is 20.2 Å². The first-order chi connectivity index (χ1) is 6.40. The number of hydrogen-bond acceptors (Lipinski definition) is 1. The molecule has 0 aromatic heterocycles. The maximum atomic E-state index is 9.21. The van der Waals surface area contributed by atoms with Crippen LogP contribution in [-0.2, 0) is 0 Å². The number of aliphatic hydroxyl groups is 1. The van der Waals surface area contributed by atoms with E-state index in [0.29, 0.717) is 18.4 Å². The van der Waals surface area contributed by atoms with Gasteiger partial charge in [-0.3, -0.25) is 0 Å². The Morgan fingerprint density at radius 2 is 1.92 bits per heavy atom. The molecule has 13 heavy (non-hydrogen) atoms. The fourth-order valence-corrected chi connectivity index (χ4v) is 3.18. The van der Waals surface area contributed by atoms with Gasteiger partial charge >= 0.3 is 0 Å². The van der Waals surface area contributed by atoms with Gasteiger partial charge in [0.05, 0.1) is 0 Å². The summed E-state index contributed by atoms with van der Waals surface area (Å²) in [5.74, 6) is 1.95. The van der Waals surface area contributed by atoms with Crippen molar-refractivity contribution in [2.75, 3.05) is 6.61 Å². The van der Waals surface area contributed by atoms with Crippen molar-refractivity contribution in [3.63, 3.8) is 0 Å². The summed E-state index contributed by atoms with van der Waals surface area (Å²) in [4.78, 5) is 0. The molecule has 1 saturated carbocycles. The van der Waals surface area contributed by atoms with Gasteiger partial charge in [0.2, 0.25) is 0 Å². The van der Waals surface area contributed by atoms with Crippen molar-refractivity contribution in [2.24, 2.45) is 5.92 Å². The van der Waals surface area contributed by atoms with Gasteiger partial charge in [-0.15, -0.1) is 0 Å². The molecule has 0 spiro atoms. The summed E-state index contributed by atoms with van der Waals surface area (Å²) >= 11 is 0. The first kappa shape index (κ1) is 7.57. The van der Waals surface area contributed by atoms with Crippen LogP contribution in [0.3, 0.4) is 0 Å². The Hall–Kier alpha value is -0.820. The lowest BCUT2D eigenvalue weighted by Gasteiger charge is -2.22. The number of aliphatic hydroxyl groups excluding tert-OH is 1. The summed E-state index contributed by atoms with van der Waals surface area (Å²) < 4.78 is 0. The Balaban J connectivity index is 2.07. The minimum atomic E-state index is 0.371. The third kappa shape index (κ3) is 0.910. The average Bonchev–Trinajstić information content (AvgIpc) is 2.75. The van der Waals surface area contributed by atoms with E-state index in [1.807, 2.05) is 0 Å². The van der Waals surface area contributed by atoms with Crippen LogP contribution in [-0.4, -0.2) is 11.7 Å². The van der Waals surface area contributed by atoms with Crippen LogP contribution in [0.25, 0.3) is 0 Å². The summed E-state index contributed by atoms with van der Waals surface area (Å²) in [5, 5.41) is 9.21. The zero-order valence-corrected chi connectivity index (χ0v) is 7.61. The van der Waals surface area contributed by atoms with E-state index in [9.17, 15) is 5.11 Å². The Morgan fingerprint density at radius 1 is 1.15 bits per heavy atom. The molecule has 1 fully saturated rings. The van der Waals surface area contributed by atoms with Gasteiger partial charge in [0.15, 0.2) is 0 Å². The molecular formula is C12H14O. The van der Waals surface area contributed by atoms with Crippen LogP contribution in [0.4, 0.5) is 0 Å². The van der Waals surface area contributed by atoms with E-state index >= 15 is 0 Å². The highest BCUT2D eigenvalue weighted by molar-refractivity contribution is 5.41. The van der Waals surface area contributed by atoms with Crippen molar-refractivity contribution >= 4 is 0 Å². The molecule has 1 aromatic rings. The molecule has 0 aliphatic heterocycles. The van der Waals surface area contributed by atoms with Crippen LogP contribution in [0.2, 0.25) is 0 Å². The van der Waals surface area contributed by atoms with Gasteiger partial charge < -0.3 is 5.11 Å². The molecule has 0 amide bonds. The Bertz CT molecular complexity index is 330. The van der Waals surface area contributed by atoms with Gasteiger partial charge in [-0.05, 0) is 41.7 Å². The average molecular weight is 174 g/mol. The highest BCUT2D eigenvalue weighted by Crippen LogP contribution is 2.55. The van der Waals surface area contributed by atoms with Gasteiger partial charge in [-0.1, -0.05) is 24.3 Å². The van der Waals surface area contributed by atoms with Gasteiger partial charge in [0.25, 0.3) is 0 Å². The third-order valence-electron chi connectivity index (χ3n) is 3.76. The van der Waals surface area contributed by atoms with Gasteiger partial charge in [0, 0.05) is 6.61 Å². The van der Waals surface area contributed by atoms with Crippen LogP contribution >= 0.6 is 0 Å². The lowest BCUT2D eigenvalue weighted by atomic mass is 9.84. The number of benzene rings is 1. The van der Waals surface area contributed by atoms with Gasteiger partial charge in [0.1, 0.15) is 0 Å². The van der Waals surface area contributed by atoms with Crippen molar-refractivity contribution in [1.82, 2.24) is 0 Å². The molecule has 2 aliphatic carbocycles. The van der Waals surface area contributed by atoms with Crippen LogP contribution in [0.5, 0.6) is 0 Å². The summed E-state index contributed by atoms with van der Waals surface area (Å²) in [6.07, 6.45) is 2.49. The number of rotatable bonds is 1. The first-order valence-corrected chi connectivity index (χ1v) is 5.10. The maximum Gasteiger partial charge on any atom is 0.0465 e. The quantitative estimate of drug-likeness (QED) is 0.692. The maximum absolute atomic E-state index is 9.21. The highest BCUT2D eigenvalue weighted by Gasteiger charge is 2.42. The molecule has 2 bridgehead atoms. The fraction of sp³-hybridized carbons (Fsp3) is 0.500. The molecule has 2 aliphatic rings. The molecule has 0 radical (unpaired) electrons. The zero-order chi connectivity index (χ0) is 8.84. The van der Waals surface area contributed by atoms with Crippen LogP contribution in [0.1, 0.15) is 35.8 Å². The number of hydrogen-bond donors (Lipinski definition) is 1. The first-order valence-electron chi connectivity index (χ1n) is 5.10. The SMILES string of the molecule is OC[C@@H]1C[C@H]2C[C@H]1c1ccccc12. The summed E-state index contributed by atoms with van der Waals surface area (Å²) in [5.41, 5.74) is 3.06. The Morgan fingerprint density at radius 3 is 2.69 bits per heavy atom. The van der Waals surface area contributed by atoms with E-state index in [2.05, 4.69) is 24.3 Å². The summed E-state index contributed by atoms with van der Waals surface area (Å²) in [6, 6.07) is 8.75. The Labute approximate surface area is 78.4 Å². The molecule has 0 heterocycles. The lowest BCUT2D eigenvalue weighted by molar-refractivity contribution is 0.213. The summed E-state index contributed by atoms with van der Waals surface area (Å²) in [7, 11) is 0. The van der Waals surface area contributed by atoms with E-state index < -0.39 is 0 Å². The minimum Gasteiger partial charge on any atom is -0.396 e. The van der Waals surface area contributed by atoms with Crippen LogP contribution < -0.4 is 0 Å². The van der Waals surface area contributed by atoms with Crippen molar-refractivity contribution < 1.29 is 5.11 Å². The second kappa shape index (κ2) is 2.58. The molecule has 1 heteroatoms. The molecular weight excluding hydrogens is 160 g/mol. The van der Waals surface area contributed by atoms with E-state index in [1.54, 1.807) is 5.56 Å². The van der Waals surface area contributed by atoms with Gasteiger partial charge in [-0.25, -0.2) is 0 Å². The molecule has 0 unspecified atom stereocenters. The third-order valence-corrected chi connectivity index (χ3v) is 3.76. The molecule has 3 atom stereocenters. The van der Waals surface area contributed by atoms with E-state index in [4.69, 9.17) is 0 Å². The molecule has 1 aromatic carbocycles. The second-order valence-electron chi connectivity index (χ2n) is 4.35. The summed E-state index contributed by atoms with van der Waals surface area (Å²) in [6.45, 7) is 0.371. The standard InChI is InChI=1S/C12H14O/c13-7-9-5-8-6-12(9)11-4-2-1-3-10(8)11/h1-4,8-9,12-13H,5-7H2/t8-,9-,12+/m0/s1. The highest BCUT2D eigenvalue weighted by atomic mass is 16.3. The van der Waals surface area contributed by atoms with E-state index in [0.717, 1.165) is 5.92 Å². The molecule has 0 saturated heterocycles. The minimum absolute atomic E-state index is 0.371. The van der Waals surface area contributed by atoms with Crippen molar-refractivity contribution in [1.29, 1.82) is 0 Å². The van der Waals surface area contributed by atoms with Crippen LogP contribution in [0.15, 0.2) is 24.3 Å². The van der Waals surface area contributed by atoms with Crippen molar-refractivity contribution in [3.8, 4) is 0 Å². The lowest BCUT2D eigenvalue weighted by Crippen LogP contribution is -2.13. The number of fused-ring (bicyclic) bond motifs is 5. The normalized spacial score (nSPS) is 35.0. The van der Waals surface area contributed by atoms with E-state index in [-0.39, 0.29) is 0 Å². The predicted molar refractivity (Wildman–Crippen MR) is 51.7 cm³/mol. The van der Waals surface area contributed by atoms with Crippen molar-refractivity contribution in [2.45, 2.75) is 24.7 Å². The Kier molecular flexibility index (Phi) is 1.50. The molecule has 1 N–H and O–H groups in total. The van der Waals surface area contributed by atoms with Gasteiger partial charge in [-0.2, -0.15) is 0 Å². The molecule has 68 valence electrons. The monoisotopic (exact) mass is 174 g/mol. The van der Waals surface area contributed by atoms with Crippen LogP contribution in [0, 0.1) is 5.92 Å². The zero-order valence-electron chi connectivity index (χ0n) is 7.61. The fourth-order valence-electron chi connectivity index (χ4n) is 3.18. The molecule has 3 rings (SSSR count). The van der Waals surface area contributed by atoms with E-state index in [1.165, 1.54) is 18.4 Å². The second-order valence-corrected chi connectivity index (χ2v) is 4.35. The smallest absolute Gasteiger partial charge is 0.0465 e.